The summed E-state index contributed by atoms with van der Waals surface area (Å²) in [6.45, 7) is 4.21. The van der Waals surface area contributed by atoms with Gasteiger partial charge in [-0.2, -0.15) is 0 Å². The lowest BCUT2D eigenvalue weighted by Gasteiger charge is -2.13. The number of rotatable bonds is 3. The van der Waals surface area contributed by atoms with E-state index < -0.39 is 0 Å². The normalized spacial score (nSPS) is 10.8. The average molecular weight is 326 g/mol. The molecule has 0 bridgehead atoms. The smallest absolute Gasteiger partial charge is 0.169 e. The molecule has 0 N–H and O–H groups in total. The van der Waals surface area contributed by atoms with E-state index in [4.69, 9.17) is 0 Å². The molecule has 0 saturated carbocycles. The van der Waals surface area contributed by atoms with Crippen LogP contribution in [0.5, 0.6) is 0 Å². The quantitative estimate of drug-likeness (QED) is 0.552. The topological polar surface area (TPSA) is 43.6 Å². The second kappa shape index (κ2) is 6.32. The van der Waals surface area contributed by atoms with Crippen molar-refractivity contribution < 1.29 is 0 Å². The fraction of sp³-hybridized carbons (Fsp3) is 0.0952. The second-order valence-electron chi connectivity index (χ2n) is 6.03. The molecule has 0 aliphatic carbocycles. The van der Waals surface area contributed by atoms with E-state index in [1.54, 1.807) is 6.20 Å². The summed E-state index contributed by atoms with van der Waals surface area (Å²) in [6, 6.07) is 20.3. The summed E-state index contributed by atoms with van der Waals surface area (Å²) >= 11 is 0. The van der Waals surface area contributed by atoms with Gasteiger partial charge in [0.25, 0.3) is 0 Å². The van der Waals surface area contributed by atoms with Crippen LogP contribution in [0.25, 0.3) is 28.5 Å². The predicted octanol–water partition coefficient (Wildman–Crippen LogP) is 4.61. The maximum atomic E-state index is 4.55. The summed E-state index contributed by atoms with van der Waals surface area (Å²) in [4.78, 5) is 4.28. The molecule has 0 fully saturated rings. The van der Waals surface area contributed by atoms with Crippen LogP contribution in [-0.4, -0.2) is 19.7 Å². The molecule has 4 heteroatoms. The monoisotopic (exact) mass is 326 g/mol. The van der Waals surface area contributed by atoms with Crippen molar-refractivity contribution in [3.05, 3.63) is 84.2 Å². The van der Waals surface area contributed by atoms with Crippen molar-refractivity contribution in [3.63, 3.8) is 0 Å². The third-order valence-electron chi connectivity index (χ3n) is 4.30. The van der Waals surface area contributed by atoms with E-state index in [1.807, 2.05) is 48.7 Å². The molecule has 0 amide bonds. The van der Waals surface area contributed by atoms with Crippen LogP contribution in [0.3, 0.4) is 0 Å². The average Bonchev–Trinajstić information content (AvgIpc) is 3.08. The number of hydrogen-bond acceptors (Lipinski definition) is 3. The maximum Gasteiger partial charge on any atom is 0.169 e. The lowest BCUT2D eigenvalue weighted by atomic mass is 10.0. The lowest BCUT2D eigenvalue weighted by molar-refractivity contribution is 1.05. The van der Waals surface area contributed by atoms with Gasteiger partial charge in [-0.05, 0) is 37.1 Å². The summed E-state index contributed by atoms with van der Waals surface area (Å²) in [5, 5.41) is 9.05. The number of hydrogen-bond donors (Lipinski definition) is 0. The first-order valence-electron chi connectivity index (χ1n) is 8.23. The molecule has 2 heterocycles. The fourth-order valence-electron chi connectivity index (χ4n) is 3.12. The standard InChI is InChI=1S/C21H18N4/c1-15-8-6-9-16(2)19(15)21-24-23-20(17-10-4-3-5-11-17)25(21)18-12-7-13-22-14-18/h3-14H,1-2H3. The largest absolute Gasteiger partial charge is 0.273 e. The first-order valence-corrected chi connectivity index (χ1v) is 8.23. The predicted molar refractivity (Wildman–Crippen MR) is 99.5 cm³/mol. The van der Waals surface area contributed by atoms with Crippen LogP contribution in [0.15, 0.2) is 73.1 Å². The van der Waals surface area contributed by atoms with Crippen molar-refractivity contribution in [1.29, 1.82) is 0 Å². The molecule has 0 saturated heterocycles. The van der Waals surface area contributed by atoms with E-state index in [-0.39, 0.29) is 0 Å². The minimum atomic E-state index is 0.811. The molecular formula is C21H18N4. The Morgan fingerprint density at radius 2 is 1.44 bits per heavy atom. The highest BCUT2D eigenvalue weighted by Gasteiger charge is 2.19. The van der Waals surface area contributed by atoms with Gasteiger partial charge >= 0.3 is 0 Å². The molecule has 122 valence electrons. The highest BCUT2D eigenvalue weighted by molar-refractivity contribution is 5.70. The summed E-state index contributed by atoms with van der Waals surface area (Å²) in [7, 11) is 0. The van der Waals surface area contributed by atoms with Crippen molar-refractivity contribution >= 4 is 0 Å². The van der Waals surface area contributed by atoms with Crippen molar-refractivity contribution in [2.45, 2.75) is 13.8 Å². The van der Waals surface area contributed by atoms with Crippen LogP contribution in [0.4, 0.5) is 0 Å². The van der Waals surface area contributed by atoms with E-state index in [1.165, 1.54) is 11.1 Å². The zero-order valence-electron chi connectivity index (χ0n) is 14.2. The number of aryl methyl sites for hydroxylation is 2. The van der Waals surface area contributed by atoms with Gasteiger partial charge in [-0.1, -0.05) is 48.5 Å². The van der Waals surface area contributed by atoms with Crippen molar-refractivity contribution in [2.75, 3.05) is 0 Å². The minimum absolute atomic E-state index is 0.811. The molecule has 0 unspecified atom stereocenters. The van der Waals surface area contributed by atoms with E-state index in [9.17, 15) is 0 Å². The number of aromatic nitrogens is 4. The van der Waals surface area contributed by atoms with Gasteiger partial charge in [0, 0.05) is 17.3 Å². The summed E-state index contributed by atoms with van der Waals surface area (Å²) in [6.07, 6.45) is 3.61. The Kier molecular flexibility index (Phi) is 3.86. The van der Waals surface area contributed by atoms with Crippen LogP contribution in [-0.2, 0) is 0 Å². The van der Waals surface area contributed by atoms with Crippen molar-refractivity contribution in [2.24, 2.45) is 0 Å². The summed E-state index contributed by atoms with van der Waals surface area (Å²) in [5.41, 5.74) is 5.44. The molecule has 4 rings (SSSR count). The number of pyridine rings is 1. The Bertz CT molecular complexity index is 985. The van der Waals surface area contributed by atoms with Gasteiger partial charge in [0.1, 0.15) is 0 Å². The van der Waals surface area contributed by atoms with Gasteiger partial charge in [-0.25, -0.2) is 0 Å². The van der Waals surface area contributed by atoms with Gasteiger partial charge in [-0.15, -0.1) is 10.2 Å². The van der Waals surface area contributed by atoms with Gasteiger partial charge in [0.15, 0.2) is 11.6 Å². The van der Waals surface area contributed by atoms with Crippen LogP contribution in [0.1, 0.15) is 11.1 Å². The molecule has 0 aliphatic heterocycles. The lowest BCUT2D eigenvalue weighted by Crippen LogP contribution is -2.02. The van der Waals surface area contributed by atoms with E-state index >= 15 is 0 Å². The zero-order valence-corrected chi connectivity index (χ0v) is 14.2. The van der Waals surface area contributed by atoms with E-state index in [0.29, 0.717) is 0 Å². The Morgan fingerprint density at radius 3 is 2.12 bits per heavy atom. The summed E-state index contributed by atoms with van der Waals surface area (Å²) < 4.78 is 2.08. The third kappa shape index (κ3) is 2.72. The highest BCUT2D eigenvalue weighted by Crippen LogP contribution is 2.31. The van der Waals surface area contributed by atoms with E-state index in [2.05, 4.69) is 51.8 Å². The molecule has 0 radical (unpaired) electrons. The van der Waals surface area contributed by atoms with Gasteiger partial charge in [0.2, 0.25) is 0 Å². The van der Waals surface area contributed by atoms with Crippen molar-refractivity contribution in [3.8, 4) is 28.5 Å². The Morgan fingerprint density at radius 1 is 0.720 bits per heavy atom. The molecule has 25 heavy (non-hydrogen) atoms. The van der Waals surface area contributed by atoms with Crippen LogP contribution >= 0.6 is 0 Å². The Labute approximate surface area is 146 Å². The first kappa shape index (κ1) is 15.3. The number of nitrogens with zero attached hydrogens (tertiary/aromatic N) is 4. The first-order chi connectivity index (χ1) is 12.3. The molecule has 0 atom stereocenters. The van der Waals surface area contributed by atoms with Gasteiger partial charge < -0.3 is 0 Å². The Hall–Kier alpha value is -3.27. The van der Waals surface area contributed by atoms with Crippen molar-refractivity contribution in [1.82, 2.24) is 19.7 Å². The van der Waals surface area contributed by atoms with Gasteiger partial charge in [0.05, 0.1) is 11.9 Å². The molecule has 2 aromatic carbocycles. The molecule has 0 aliphatic rings. The second-order valence-corrected chi connectivity index (χ2v) is 6.03. The molecular weight excluding hydrogens is 308 g/mol. The molecule has 4 aromatic rings. The molecule has 2 aromatic heterocycles. The third-order valence-corrected chi connectivity index (χ3v) is 4.30. The fourth-order valence-corrected chi connectivity index (χ4v) is 3.12. The Balaban J connectivity index is 2.03. The van der Waals surface area contributed by atoms with Crippen LogP contribution in [0.2, 0.25) is 0 Å². The van der Waals surface area contributed by atoms with Gasteiger partial charge in [-0.3, -0.25) is 9.55 Å². The molecule has 4 nitrogen and oxygen atoms in total. The number of benzene rings is 2. The highest BCUT2D eigenvalue weighted by atomic mass is 15.3. The zero-order chi connectivity index (χ0) is 17.2. The summed E-state index contributed by atoms with van der Waals surface area (Å²) in [5.74, 6) is 1.65. The molecule has 0 spiro atoms. The maximum absolute atomic E-state index is 4.55. The van der Waals surface area contributed by atoms with Crippen LogP contribution in [0, 0.1) is 13.8 Å². The minimum Gasteiger partial charge on any atom is -0.273 e. The van der Waals surface area contributed by atoms with E-state index in [0.717, 1.165) is 28.5 Å². The van der Waals surface area contributed by atoms with Crippen LogP contribution < -0.4 is 0 Å². The SMILES string of the molecule is Cc1cccc(C)c1-c1nnc(-c2ccccc2)n1-c1cccnc1.